The Labute approximate surface area is 124 Å². The highest BCUT2D eigenvalue weighted by atomic mass is 32.2. The van der Waals surface area contributed by atoms with E-state index in [-0.39, 0.29) is 12.3 Å². The molecule has 1 aromatic carbocycles. The van der Waals surface area contributed by atoms with Gasteiger partial charge in [-0.05, 0) is 11.1 Å². The van der Waals surface area contributed by atoms with E-state index in [4.69, 9.17) is 5.73 Å². The van der Waals surface area contributed by atoms with Crippen molar-refractivity contribution < 1.29 is 8.42 Å². The Balaban J connectivity index is 1.86. The highest BCUT2D eigenvalue weighted by molar-refractivity contribution is 7.88. The van der Waals surface area contributed by atoms with Gasteiger partial charge in [0.25, 0.3) is 0 Å². The average molecular weight is 309 g/mol. The number of nitrogens with zero attached hydrogens (tertiary/aromatic N) is 3. The minimum atomic E-state index is -3.36. The molecule has 7 nitrogen and oxygen atoms in total. The second-order valence-corrected chi connectivity index (χ2v) is 6.57. The number of aryl methyl sites for hydroxylation is 1. The van der Waals surface area contributed by atoms with Crippen molar-refractivity contribution in [1.29, 1.82) is 0 Å². The molecule has 21 heavy (non-hydrogen) atoms. The van der Waals surface area contributed by atoms with Crippen molar-refractivity contribution in [2.75, 3.05) is 6.54 Å². The lowest BCUT2D eigenvalue weighted by atomic mass is 10.1. The van der Waals surface area contributed by atoms with Gasteiger partial charge in [-0.15, -0.1) is 0 Å². The van der Waals surface area contributed by atoms with Crippen LogP contribution in [0.4, 0.5) is 0 Å². The molecule has 0 saturated heterocycles. The second kappa shape index (κ2) is 6.79. The van der Waals surface area contributed by atoms with Crippen LogP contribution in [0, 0.1) is 0 Å². The van der Waals surface area contributed by atoms with Crippen molar-refractivity contribution in [2.45, 2.75) is 18.7 Å². The number of rotatable bonds is 7. The molecular formula is C13H19N5O2S. The molecule has 1 heterocycles. The quantitative estimate of drug-likeness (QED) is 0.745. The van der Waals surface area contributed by atoms with Crippen molar-refractivity contribution in [1.82, 2.24) is 19.5 Å². The maximum absolute atomic E-state index is 12.0. The third-order valence-corrected chi connectivity index (χ3v) is 4.29. The smallest absolute Gasteiger partial charge is 0.215 e. The number of benzene rings is 1. The highest BCUT2D eigenvalue weighted by Gasteiger charge is 2.11. The van der Waals surface area contributed by atoms with Crippen molar-refractivity contribution in [2.24, 2.45) is 12.8 Å². The fourth-order valence-electron chi connectivity index (χ4n) is 1.86. The number of nitrogens with two attached hydrogens (primary N) is 1. The van der Waals surface area contributed by atoms with Crippen molar-refractivity contribution in [3.05, 3.63) is 47.5 Å². The molecule has 0 aliphatic heterocycles. The summed E-state index contributed by atoms with van der Waals surface area (Å²) in [5.74, 6) is 0.570. The van der Waals surface area contributed by atoms with Gasteiger partial charge in [0.2, 0.25) is 10.0 Å². The van der Waals surface area contributed by atoms with Gasteiger partial charge in [-0.25, -0.2) is 18.1 Å². The summed E-state index contributed by atoms with van der Waals surface area (Å²) >= 11 is 0. The van der Waals surface area contributed by atoms with E-state index in [1.165, 1.54) is 0 Å². The third-order valence-electron chi connectivity index (χ3n) is 2.93. The molecular weight excluding hydrogens is 290 g/mol. The van der Waals surface area contributed by atoms with Crippen LogP contribution in [0.15, 0.2) is 30.6 Å². The molecule has 2 rings (SSSR count). The largest absolute Gasteiger partial charge is 0.326 e. The fraction of sp³-hybridized carbons (Fsp3) is 0.385. The summed E-state index contributed by atoms with van der Waals surface area (Å²) in [4.78, 5) is 4.04. The van der Waals surface area contributed by atoms with Gasteiger partial charge in [-0.2, -0.15) is 5.10 Å². The predicted molar refractivity (Wildman–Crippen MR) is 79.7 cm³/mol. The second-order valence-electron chi connectivity index (χ2n) is 4.76. The van der Waals surface area contributed by atoms with Gasteiger partial charge in [0.15, 0.2) is 5.82 Å². The average Bonchev–Trinajstić information content (AvgIpc) is 2.84. The molecule has 0 spiro atoms. The number of hydrogen-bond donors (Lipinski definition) is 2. The van der Waals surface area contributed by atoms with Crippen molar-refractivity contribution >= 4 is 10.0 Å². The Morgan fingerprint density at radius 2 is 1.90 bits per heavy atom. The minimum absolute atomic E-state index is 0.0481. The van der Waals surface area contributed by atoms with Crippen molar-refractivity contribution in [3.8, 4) is 0 Å². The predicted octanol–water partition coefficient (Wildman–Crippen LogP) is -0.0641. The molecule has 0 fully saturated rings. The minimum Gasteiger partial charge on any atom is -0.326 e. The first-order valence-corrected chi connectivity index (χ1v) is 8.23. The zero-order chi connectivity index (χ0) is 15.3. The molecule has 3 N–H and O–H groups in total. The molecule has 0 bridgehead atoms. The van der Waals surface area contributed by atoms with Gasteiger partial charge < -0.3 is 5.73 Å². The van der Waals surface area contributed by atoms with Gasteiger partial charge in [-0.3, -0.25) is 4.68 Å². The molecule has 114 valence electrons. The fourth-order valence-corrected chi connectivity index (χ4v) is 3.01. The van der Waals surface area contributed by atoms with Crippen LogP contribution in [0.1, 0.15) is 17.0 Å². The first-order valence-electron chi connectivity index (χ1n) is 6.58. The first-order chi connectivity index (χ1) is 9.98. The van der Waals surface area contributed by atoms with E-state index >= 15 is 0 Å². The molecule has 0 radical (unpaired) electrons. The van der Waals surface area contributed by atoms with Crippen LogP contribution < -0.4 is 10.5 Å². The summed E-state index contributed by atoms with van der Waals surface area (Å²) in [6.07, 6.45) is 2.05. The lowest BCUT2D eigenvalue weighted by Gasteiger charge is -2.06. The summed E-state index contributed by atoms with van der Waals surface area (Å²) in [5, 5.41) is 4.09. The lowest BCUT2D eigenvalue weighted by Crippen LogP contribution is -2.27. The molecule has 1 aromatic heterocycles. The standard InChI is InChI=1S/C13H19N5O2S/c1-18-10-15-13(17-18)6-7-16-21(19,20)9-12-4-2-11(8-14)3-5-12/h2-5,10,16H,6-9,14H2,1H3. The van der Waals surface area contributed by atoms with Crippen LogP contribution in [0.3, 0.4) is 0 Å². The number of sulfonamides is 1. The molecule has 0 aliphatic rings. The van der Waals surface area contributed by atoms with Crippen molar-refractivity contribution in [3.63, 3.8) is 0 Å². The van der Waals surface area contributed by atoms with Gasteiger partial charge >= 0.3 is 0 Å². The number of hydrogen-bond acceptors (Lipinski definition) is 5. The van der Waals surface area contributed by atoms with Gasteiger partial charge in [0, 0.05) is 26.6 Å². The molecule has 0 unspecified atom stereocenters. The van der Waals surface area contributed by atoms with Crippen LogP contribution in [0.5, 0.6) is 0 Å². The van der Waals surface area contributed by atoms with E-state index in [9.17, 15) is 8.42 Å². The zero-order valence-electron chi connectivity index (χ0n) is 11.9. The molecule has 2 aromatic rings. The van der Waals surface area contributed by atoms with Crippen LogP contribution in [-0.4, -0.2) is 29.7 Å². The van der Waals surface area contributed by atoms with Crippen LogP contribution in [-0.2, 0) is 35.8 Å². The third kappa shape index (κ3) is 4.92. The molecule has 0 saturated carbocycles. The maximum atomic E-state index is 12.0. The number of nitrogens with one attached hydrogen (secondary N) is 1. The van der Waals surface area contributed by atoms with E-state index in [1.54, 1.807) is 30.2 Å². The van der Waals surface area contributed by atoms with E-state index in [1.807, 2.05) is 12.1 Å². The first kappa shape index (κ1) is 15.6. The summed E-state index contributed by atoms with van der Waals surface area (Å²) < 4.78 is 28.1. The summed E-state index contributed by atoms with van der Waals surface area (Å²) in [7, 11) is -1.59. The zero-order valence-corrected chi connectivity index (χ0v) is 12.7. The van der Waals surface area contributed by atoms with Crippen LogP contribution >= 0.6 is 0 Å². The monoisotopic (exact) mass is 309 g/mol. The van der Waals surface area contributed by atoms with Crippen LogP contribution in [0.2, 0.25) is 0 Å². The molecule has 0 amide bonds. The Hall–Kier alpha value is -1.77. The van der Waals surface area contributed by atoms with E-state index < -0.39 is 10.0 Å². The van der Waals surface area contributed by atoms with Gasteiger partial charge in [0.1, 0.15) is 6.33 Å². The van der Waals surface area contributed by atoms with Crippen LogP contribution in [0.25, 0.3) is 0 Å². The highest BCUT2D eigenvalue weighted by Crippen LogP contribution is 2.07. The molecule has 0 aliphatic carbocycles. The summed E-state index contributed by atoms with van der Waals surface area (Å²) in [5.41, 5.74) is 7.21. The SMILES string of the molecule is Cn1cnc(CCNS(=O)(=O)Cc2ccc(CN)cc2)n1. The molecule has 8 heteroatoms. The normalized spacial score (nSPS) is 11.7. The number of aromatic nitrogens is 3. The summed E-state index contributed by atoms with van der Waals surface area (Å²) in [6.45, 7) is 0.732. The molecule has 0 atom stereocenters. The Kier molecular flexibility index (Phi) is 5.05. The Bertz CT molecular complexity index is 679. The van der Waals surface area contributed by atoms with E-state index in [2.05, 4.69) is 14.8 Å². The van der Waals surface area contributed by atoms with Gasteiger partial charge in [0.05, 0.1) is 5.75 Å². The lowest BCUT2D eigenvalue weighted by molar-refractivity contribution is 0.579. The van der Waals surface area contributed by atoms with E-state index in [0.29, 0.717) is 18.8 Å². The Morgan fingerprint density at radius 3 is 2.48 bits per heavy atom. The Morgan fingerprint density at radius 1 is 1.24 bits per heavy atom. The van der Waals surface area contributed by atoms with E-state index in [0.717, 1.165) is 11.1 Å². The topological polar surface area (TPSA) is 103 Å². The maximum Gasteiger partial charge on any atom is 0.215 e. The summed E-state index contributed by atoms with van der Waals surface area (Å²) in [6, 6.07) is 7.23. The van der Waals surface area contributed by atoms with Gasteiger partial charge in [-0.1, -0.05) is 24.3 Å².